The molecule has 0 saturated heterocycles. The Balaban J connectivity index is 1.07. The maximum absolute atomic E-state index is 5.63. The van der Waals surface area contributed by atoms with E-state index >= 15 is 0 Å². The van der Waals surface area contributed by atoms with Gasteiger partial charge in [0.05, 0.1) is 39.8 Å². The fraction of sp³-hybridized carbons (Fsp3) is 0. The van der Waals surface area contributed by atoms with Crippen LogP contribution in [0.25, 0.3) is 102 Å². The molecule has 0 radical (unpaired) electrons. The lowest BCUT2D eigenvalue weighted by Crippen LogP contribution is -2.26. The van der Waals surface area contributed by atoms with Crippen molar-refractivity contribution in [3.8, 4) is 102 Å². The van der Waals surface area contributed by atoms with Crippen LogP contribution in [0, 0.1) is 0 Å². The third-order valence-corrected chi connectivity index (χ3v) is 14.1. The Morgan fingerprint density at radius 1 is 0.200 bits per heavy atom. The lowest BCUT2D eigenvalue weighted by atomic mass is 9.89. The number of rotatable bonds is 11. The van der Waals surface area contributed by atoms with Crippen LogP contribution in [-0.2, 0) is 0 Å². The number of para-hydroxylation sites is 4. The van der Waals surface area contributed by atoms with Crippen LogP contribution >= 0.6 is 0 Å². The molecule has 10 heteroatoms. The lowest BCUT2D eigenvalue weighted by Gasteiger charge is -2.40. The Kier molecular flexibility index (Phi) is 12.3. The van der Waals surface area contributed by atoms with Gasteiger partial charge < -0.3 is 4.90 Å². The normalized spacial score (nSPS) is 11.7. The minimum Gasteiger partial charge on any atom is -0.306 e. The van der Waals surface area contributed by atoms with Gasteiger partial charge in [-0.3, -0.25) is 4.90 Å². The Morgan fingerprint density at radius 2 is 0.512 bits per heavy atom. The standard InChI is InChI=1S/C70H46N10/c1-8-26-47(27-9-1)55-46-56(72-64(71-55)49-30-12-3-13-31-49)63-61(45-44-54(62(63)48-28-10-2-11-29-48)69-75-65(50-32-14-4-15-33-50)73-66(76-69)51-34-16-5-17-35-51)79-57-40-22-24-42-59(57)80(60-43-25-23-41-58(60)79)70-77-67(52-36-18-6-19-37-52)74-68(78-70)53-38-20-7-21-39-53/h1-46H. The van der Waals surface area contributed by atoms with E-state index in [1.54, 1.807) is 0 Å². The first-order chi connectivity index (χ1) is 39.7. The van der Waals surface area contributed by atoms with Crippen molar-refractivity contribution in [1.82, 2.24) is 39.9 Å². The second kappa shape index (κ2) is 20.8. The highest BCUT2D eigenvalue weighted by molar-refractivity contribution is 6.07. The first-order valence-electron chi connectivity index (χ1n) is 26.4. The number of hydrogen-bond acceptors (Lipinski definition) is 10. The van der Waals surface area contributed by atoms with Crippen molar-refractivity contribution in [1.29, 1.82) is 0 Å². The van der Waals surface area contributed by atoms with E-state index in [9.17, 15) is 0 Å². The molecule has 0 spiro atoms. The van der Waals surface area contributed by atoms with Gasteiger partial charge in [-0.05, 0) is 48.0 Å². The Morgan fingerprint density at radius 3 is 0.925 bits per heavy atom. The fourth-order valence-corrected chi connectivity index (χ4v) is 10.4. The molecule has 0 aliphatic carbocycles. The summed E-state index contributed by atoms with van der Waals surface area (Å²) in [5.41, 5.74) is 14.6. The van der Waals surface area contributed by atoms with Crippen molar-refractivity contribution in [2.45, 2.75) is 0 Å². The van der Waals surface area contributed by atoms with Gasteiger partial charge in [-0.2, -0.15) is 9.97 Å². The summed E-state index contributed by atoms with van der Waals surface area (Å²) in [4.78, 5) is 47.0. The molecule has 13 aromatic rings. The zero-order valence-corrected chi connectivity index (χ0v) is 43.0. The van der Waals surface area contributed by atoms with E-state index in [4.69, 9.17) is 39.9 Å². The summed E-state index contributed by atoms with van der Waals surface area (Å²) in [5.74, 6) is 3.81. The summed E-state index contributed by atoms with van der Waals surface area (Å²) in [7, 11) is 0. The van der Waals surface area contributed by atoms with Crippen molar-refractivity contribution in [2.75, 3.05) is 9.80 Å². The molecule has 0 N–H and O–H groups in total. The predicted octanol–water partition coefficient (Wildman–Crippen LogP) is 17.1. The Labute approximate surface area is 462 Å². The van der Waals surface area contributed by atoms with Gasteiger partial charge in [-0.25, -0.2) is 29.9 Å². The third kappa shape index (κ3) is 8.98. The van der Waals surface area contributed by atoms with E-state index in [2.05, 4.69) is 125 Å². The summed E-state index contributed by atoms with van der Waals surface area (Å²) >= 11 is 0. The summed E-state index contributed by atoms with van der Waals surface area (Å²) in [5, 5.41) is 0. The van der Waals surface area contributed by atoms with Crippen molar-refractivity contribution < 1.29 is 0 Å². The molecule has 0 bridgehead atoms. The molecule has 1 aliphatic rings. The van der Waals surface area contributed by atoms with Gasteiger partial charge in [-0.15, -0.1) is 0 Å². The molecule has 0 saturated carbocycles. The van der Waals surface area contributed by atoms with E-state index in [1.807, 2.05) is 164 Å². The second-order valence-corrected chi connectivity index (χ2v) is 19.1. The van der Waals surface area contributed by atoms with Crippen molar-refractivity contribution in [2.24, 2.45) is 0 Å². The predicted molar refractivity (Wildman–Crippen MR) is 321 cm³/mol. The maximum atomic E-state index is 5.63. The van der Waals surface area contributed by atoms with Crippen LogP contribution < -0.4 is 9.80 Å². The van der Waals surface area contributed by atoms with Crippen LogP contribution in [0.1, 0.15) is 0 Å². The van der Waals surface area contributed by atoms with Crippen molar-refractivity contribution in [3.63, 3.8) is 0 Å². The lowest BCUT2D eigenvalue weighted by molar-refractivity contribution is 1.01. The smallest absolute Gasteiger partial charge is 0.238 e. The quantitative estimate of drug-likeness (QED) is 0.124. The minimum absolute atomic E-state index is 0.479. The molecule has 1 aliphatic heterocycles. The highest BCUT2D eigenvalue weighted by Gasteiger charge is 2.35. The molecule has 10 nitrogen and oxygen atoms in total. The van der Waals surface area contributed by atoms with E-state index in [-0.39, 0.29) is 0 Å². The molecule has 80 heavy (non-hydrogen) atoms. The van der Waals surface area contributed by atoms with Gasteiger partial charge in [0.1, 0.15) is 0 Å². The second-order valence-electron chi connectivity index (χ2n) is 19.1. The number of nitrogens with zero attached hydrogens (tertiary/aromatic N) is 10. The topological polar surface area (TPSA) is 110 Å². The molecule has 0 fully saturated rings. The van der Waals surface area contributed by atoms with Gasteiger partial charge in [0, 0.05) is 50.1 Å². The molecule has 14 rings (SSSR count). The van der Waals surface area contributed by atoms with Gasteiger partial charge in [0.25, 0.3) is 0 Å². The molecule has 0 amide bonds. The largest absolute Gasteiger partial charge is 0.306 e. The zero-order valence-electron chi connectivity index (χ0n) is 43.0. The van der Waals surface area contributed by atoms with Crippen LogP contribution in [0.15, 0.2) is 279 Å². The third-order valence-electron chi connectivity index (χ3n) is 14.1. The number of aromatic nitrogens is 8. The average molecular weight is 1030 g/mol. The Bertz CT molecular complexity index is 4120. The van der Waals surface area contributed by atoms with Gasteiger partial charge >= 0.3 is 0 Å². The average Bonchev–Trinajstić information content (AvgIpc) is 3.66. The van der Waals surface area contributed by atoms with Crippen LogP contribution in [0.4, 0.5) is 34.4 Å². The SMILES string of the molecule is c1ccc(-c2cc(-c3c(N4c5ccccc5N(c5nc(-c6ccccc6)nc(-c6ccccc6)n5)c5ccccc54)ccc(-c4nc(-c5ccccc5)nc(-c5ccccc5)n4)c3-c3ccccc3)nc(-c3ccccc3)n2)cc1. The van der Waals surface area contributed by atoms with Crippen LogP contribution in [-0.4, -0.2) is 39.9 Å². The molecular weight excluding hydrogens is 981 g/mol. The number of hydrogen-bond donors (Lipinski definition) is 0. The number of fused-ring (bicyclic) bond motifs is 2. The molecule has 4 heterocycles. The summed E-state index contributed by atoms with van der Waals surface area (Å²) in [6.07, 6.45) is 0. The Hall–Kier alpha value is -11.1. The summed E-state index contributed by atoms with van der Waals surface area (Å²) in [6.45, 7) is 0. The van der Waals surface area contributed by atoms with E-state index in [0.717, 1.165) is 89.8 Å². The zero-order chi connectivity index (χ0) is 53.2. The first-order valence-corrected chi connectivity index (χ1v) is 26.4. The molecule has 10 aromatic carbocycles. The van der Waals surface area contributed by atoms with Gasteiger partial charge in [0.15, 0.2) is 34.9 Å². The summed E-state index contributed by atoms with van der Waals surface area (Å²) < 4.78 is 0. The van der Waals surface area contributed by atoms with E-state index in [1.165, 1.54) is 0 Å². The first kappa shape index (κ1) is 47.4. The summed E-state index contributed by atoms with van der Waals surface area (Å²) in [6, 6.07) is 94.6. The van der Waals surface area contributed by atoms with Crippen molar-refractivity contribution in [3.05, 3.63) is 279 Å². The fourth-order valence-electron chi connectivity index (χ4n) is 10.4. The maximum Gasteiger partial charge on any atom is 0.238 e. The molecule has 0 atom stereocenters. The van der Waals surface area contributed by atoms with Crippen LogP contribution in [0.5, 0.6) is 0 Å². The van der Waals surface area contributed by atoms with E-state index in [0.29, 0.717) is 46.6 Å². The molecule has 3 aromatic heterocycles. The highest BCUT2D eigenvalue weighted by Crippen LogP contribution is 2.57. The van der Waals surface area contributed by atoms with Gasteiger partial charge in [-0.1, -0.05) is 237 Å². The van der Waals surface area contributed by atoms with E-state index < -0.39 is 0 Å². The monoisotopic (exact) mass is 1030 g/mol. The van der Waals surface area contributed by atoms with Crippen molar-refractivity contribution >= 4 is 34.4 Å². The number of anilines is 6. The molecular formula is C70H46N10. The molecule has 376 valence electrons. The minimum atomic E-state index is 0.479. The van der Waals surface area contributed by atoms with Crippen LogP contribution in [0.2, 0.25) is 0 Å². The molecule has 0 unspecified atom stereocenters. The number of benzene rings is 10. The van der Waals surface area contributed by atoms with Gasteiger partial charge in [0.2, 0.25) is 5.95 Å². The van der Waals surface area contributed by atoms with Crippen LogP contribution in [0.3, 0.4) is 0 Å². The highest BCUT2D eigenvalue weighted by atomic mass is 15.3.